The molecule has 0 unspecified atom stereocenters. The molecule has 0 atom stereocenters. The first-order valence-corrected chi connectivity index (χ1v) is 6.78. The lowest BCUT2D eigenvalue weighted by Gasteiger charge is -2.06. The van der Waals surface area contributed by atoms with Crippen molar-refractivity contribution >= 4 is 11.7 Å². The van der Waals surface area contributed by atoms with E-state index in [1.54, 1.807) is 6.92 Å². The quantitative estimate of drug-likeness (QED) is 0.597. The van der Waals surface area contributed by atoms with E-state index in [9.17, 15) is 9.59 Å². The maximum atomic E-state index is 11.3. The number of amides is 1. The van der Waals surface area contributed by atoms with Crippen molar-refractivity contribution in [2.24, 2.45) is 5.92 Å². The van der Waals surface area contributed by atoms with Gasteiger partial charge in [0.15, 0.2) is 0 Å². The van der Waals surface area contributed by atoms with Crippen molar-refractivity contribution in [2.75, 3.05) is 6.54 Å². The van der Waals surface area contributed by atoms with Gasteiger partial charge in [-0.3, -0.25) is 4.79 Å². The van der Waals surface area contributed by atoms with Crippen LogP contribution in [0.15, 0.2) is 0 Å². The summed E-state index contributed by atoms with van der Waals surface area (Å²) in [5.74, 6) is 0.879. The van der Waals surface area contributed by atoms with Gasteiger partial charge in [0.1, 0.15) is 5.78 Å². The Morgan fingerprint density at radius 1 is 1.00 bits per heavy atom. The second kappa shape index (κ2) is 10.3. The van der Waals surface area contributed by atoms with Gasteiger partial charge in [-0.05, 0) is 25.7 Å². The predicted octanol–water partition coefficient (Wildman–Crippen LogP) is 3.08. The van der Waals surface area contributed by atoms with E-state index >= 15 is 0 Å². The van der Waals surface area contributed by atoms with Crippen molar-refractivity contribution in [3.8, 4) is 0 Å². The summed E-state index contributed by atoms with van der Waals surface area (Å²) < 4.78 is 0. The first-order valence-electron chi connectivity index (χ1n) is 6.78. The SMILES string of the molecule is CC(=O)CCCCCCCNC(=O)CC(C)C. The molecular formula is C14H27NO2. The summed E-state index contributed by atoms with van der Waals surface area (Å²) in [6.45, 7) is 6.53. The van der Waals surface area contributed by atoms with Gasteiger partial charge in [-0.2, -0.15) is 0 Å². The fourth-order valence-electron chi connectivity index (χ4n) is 1.70. The van der Waals surface area contributed by atoms with Crippen molar-refractivity contribution in [1.82, 2.24) is 5.32 Å². The van der Waals surface area contributed by atoms with E-state index in [0.29, 0.717) is 18.8 Å². The Morgan fingerprint density at radius 3 is 2.18 bits per heavy atom. The van der Waals surface area contributed by atoms with Gasteiger partial charge in [0.05, 0.1) is 0 Å². The molecule has 3 nitrogen and oxygen atoms in total. The number of carbonyl (C=O) groups is 2. The molecule has 0 saturated heterocycles. The molecule has 0 saturated carbocycles. The standard InChI is InChI=1S/C14H27NO2/c1-12(2)11-14(17)15-10-8-6-4-5-7-9-13(3)16/h12H,4-11H2,1-3H3,(H,15,17). The number of hydrogen-bond acceptors (Lipinski definition) is 2. The number of hydrogen-bond donors (Lipinski definition) is 1. The van der Waals surface area contributed by atoms with Gasteiger partial charge in [0.2, 0.25) is 5.91 Å². The molecular weight excluding hydrogens is 214 g/mol. The molecule has 100 valence electrons. The van der Waals surface area contributed by atoms with Crippen LogP contribution in [0.3, 0.4) is 0 Å². The van der Waals surface area contributed by atoms with Crippen LogP contribution >= 0.6 is 0 Å². The predicted molar refractivity (Wildman–Crippen MR) is 70.8 cm³/mol. The summed E-state index contributed by atoms with van der Waals surface area (Å²) in [5.41, 5.74) is 0. The zero-order valence-corrected chi connectivity index (χ0v) is 11.6. The van der Waals surface area contributed by atoms with Crippen molar-refractivity contribution in [3.63, 3.8) is 0 Å². The maximum Gasteiger partial charge on any atom is 0.220 e. The zero-order valence-electron chi connectivity index (χ0n) is 11.6. The highest BCUT2D eigenvalue weighted by molar-refractivity contribution is 5.76. The molecule has 0 fully saturated rings. The van der Waals surface area contributed by atoms with Gasteiger partial charge >= 0.3 is 0 Å². The molecule has 0 heterocycles. The molecule has 1 N–H and O–H groups in total. The molecule has 0 aliphatic carbocycles. The first-order chi connectivity index (χ1) is 8.02. The summed E-state index contributed by atoms with van der Waals surface area (Å²) in [6.07, 6.45) is 6.81. The highest BCUT2D eigenvalue weighted by Gasteiger charge is 2.03. The van der Waals surface area contributed by atoms with Crippen LogP contribution in [-0.4, -0.2) is 18.2 Å². The molecule has 0 aliphatic rings. The number of rotatable bonds is 10. The third-order valence-corrected chi connectivity index (χ3v) is 2.62. The molecule has 0 aromatic heterocycles. The Balaban J connectivity index is 3.18. The smallest absolute Gasteiger partial charge is 0.220 e. The Hall–Kier alpha value is -0.860. The molecule has 0 radical (unpaired) electrons. The minimum Gasteiger partial charge on any atom is -0.356 e. The Morgan fingerprint density at radius 2 is 1.59 bits per heavy atom. The van der Waals surface area contributed by atoms with Crippen molar-refractivity contribution in [3.05, 3.63) is 0 Å². The topological polar surface area (TPSA) is 46.2 Å². The average Bonchev–Trinajstić information content (AvgIpc) is 2.20. The summed E-state index contributed by atoms with van der Waals surface area (Å²) >= 11 is 0. The molecule has 17 heavy (non-hydrogen) atoms. The lowest BCUT2D eigenvalue weighted by molar-refractivity contribution is -0.121. The highest BCUT2D eigenvalue weighted by Crippen LogP contribution is 2.05. The van der Waals surface area contributed by atoms with Gasteiger partial charge in [-0.15, -0.1) is 0 Å². The molecule has 0 aromatic rings. The highest BCUT2D eigenvalue weighted by atomic mass is 16.1. The number of nitrogens with one attached hydrogen (secondary N) is 1. The third kappa shape index (κ3) is 13.1. The van der Waals surface area contributed by atoms with E-state index in [2.05, 4.69) is 19.2 Å². The Bertz CT molecular complexity index is 224. The van der Waals surface area contributed by atoms with E-state index < -0.39 is 0 Å². The largest absolute Gasteiger partial charge is 0.356 e. The fraction of sp³-hybridized carbons (Fsp3) is 0.857. The Kier molecular flexibility index (Phi) is 9.78. The minimum absolute atomic E-state index is 0.163. The van der Waals surface area contributed by atoms with E-state index in [1.165, 1.54) is 0 Å². The van der Waals surface area contributed by atoms with E-state index in [1.807, 2.05) is 0 Å². The maximum absolute atomic E-state index is 11.3. The Labute approximate surface area is 105 Å². The summed E-state index contributed by atoms with van der Waals surface area (Å²) in [7, 11) is 0. The number of Topliss-reactive ketones (excluding diaryl/α,β-unsaturated/α-hetero) is 1. The minimum atomic E-state index is 0.163. The average molecular weight is 241 g/mol. The second-order valence-corrected chi connectivity index (χ2v) is 5.17. The van der Waals surface area contributed by atoms with Gasteiger partial charge in [0.25, 0.3) is 0 Å². The second-order valence-electron chi connectivity index (χ2n) is 5.17. The van der Waals surface area contributed by atoms with E-state index in [4.69, 9.17) is 0 Å². The molecule has 0 aromatic carbocycles. The number of ketones is 1. The normalized spacial score (nSPS) is 10.6. The van der Waals surface area contributed by atoms with Gasteiger partial charge in [-0.1, -0.05) is 33.1 Å². The van der Waals surface area contributed by atoms with Crippen LogP contribution in [0.1, 0.15) is 65.7 Å². The molecule has 1 amide bonds. The van der Waals surface area contributed by atoms with Crippen molar-refractivity contribution < 1.29 is 9.59 Å². The van der Waals surface area contributed by atoms with Crippen LogP contribution in [0.25, 0.3) is 0 Å². The lowest BCUT2D eigenvalue weighted by Crippen LogP contribution is -2.25. The number of unbranched alkanes of at least 4 members (excludes halogenated alkanes) is 4. The van der Waals surface area contributed by atoms with E-state index in [-0.39, 0.29) is 11.7 Å². The molecule has 0 aliphatic heterocycles. The first kappa shape index (κ1) is 16.1. The summed E-state index contributed by atoms with van der Waals surface area (Å²) in [6, 6.07) is 0. The van der Waals surface area contributed by atoms with Crippen LogP contribution in [-0.2, 0) is 9.59 Å². The molecule has 0 spiro atoms. The zero-order chi connectivity index (χ0) is 13.1. The van der Waals surface area contributed by atoms with Crippen LogP contribution in [0.4, 0.5) is 0 Å². The van der Waals surface area contributed by atoms with Crippen LogP contribution < -0.4 is 5.32 Å². The summed E-state index contributed by atoms with van der Waals surface area (Å²) in [4.78, 5) is 22.0. The van der Waals surface area contributed by atoms with E-state index in [0.717, 1.165) is 38.6 Å². The van der Waals surface area contributed by atoms with Crippen molar-refractivity contribution in [2.45, 2.75) is 65.7 Å². The molecule has 0 rings (SSSR count). The monoisotopic (exact) mass is 241 g/mol. The fourth-order valence-corrected chi connectivity index (χ4v) is 1.70. The van der Waals surface area contributed by atoms with Crippen LogP contribution in [0, 0.1) is 5.92 Å². The third-order valence-electron chi connectivity index (χ3n) is 2.62. The molecule has 0 bridgehead atoms. The van der Waals surface area contributed by atoms with Crippen LogP contribution in [0.5, 0.6) is 0 Å². The van der Waals surface area contributed by atoms with Crippen LogP contribution in [0.2, 0.25) is 0 Å². The lowest BCUT2D eigenvalue weighted by atomic mass is 10.1. The molecule has 3 heteroatoms. The van der Waals surface area contributed by atoms with Gasteiger partial charge in [-0.25, -0.2) is 0 Å². The summed E-state index contributed by atoms with van der Waals surface area (Å²) in [5, 5.41) is 2.93. The number of carbonyl (C=O) groups excluding carboxylic acids is 2. The van der Waals surface area contributed by atoms with Gasteiger partial charge < -0.3 is 10.1 Å². The van der Waals surface area contributed by atoms with Gasteiger partial charge in [0, 0.05) is 19.4 Å². The van der Waals surface area contributed by atoms with Crippen molar-refractivity contribution in [1.29, 1.82) is 0 Å².